The number of aliphatic hydroxyl groups excluding tert-OH is 1. The molecule has 1 rings (SSSR count). The normalized spacial score (nSPS) is 16.4. The quantitative estimate of drug-likeness (QED) is 0.315. The summed E-state index contributed by atoms with van der Waals surface area (Å²) in [5.74, 6) is -56.8. The molecule has 1 nitrogen and oxygen atoms in total. The smallest absolute Gasteiger partial charge is 0.388 e. The Bertz CT molecular complexity index is 885. The second-order valence-corrected chi connectivity index (χ2v) is 7.28. The van der Waals surface area contributed by atoms with Gasteiger partial charge in [0.2, 0.25) is 0 Å². The summed E-state index contributed by atoms with van der Waals surface area (Å²) < 4.78 is 224. The Morgan fingerprint density at radius 1 is 0.543 bits per heavy atom. The van der Waals surface area contributed by atoms with Gasteiger partial charge in [0.25, 0.3) is 0 Å². The van der Waals surface area contributed by atoms with Gasteiger partial charge in [0.05, 0.1) is 6.10 Å². The van der Waals surface area contributed by atoms with Crippen LogP contribution in [0.1, 0.15) is 23.7 Å². The minimum Gasteiger partial charge on any atom is -0.388 e. The van der Waals surface area contributed by atoms with Crippen molar-refractivity contribution in [1.82, 2.24) is 0 Å². The van der Waals surface area contributed by atoms with Crippen LogP contribution in [0, 0.1) is 6.92 Å². The molecule has 1 aromatic rings. The number of rotatable bonds is 9. The van der Waals surface area contributed by atoms with Crippen LogP contribution in [0.2, 0.25) is 0 Å². The van der Waals surface area contributed by atoms with Crippen LogP contribution in [-0.4, -0.2) is 52.7 Å². The number of aryl methyl sites for hydroxylation is 1. The van der Waals surface area contributed by atoms with E-state index in [1.54, 1.807) is 0 Å². The number of aliphatic hydroxyl groups is 1. The fourth-order valence-corrected chi connectivity index (χ4v) is 2.47. The van der Waals surface area contributed by atoms with E-state index in [0.29, 0.717) is 5.56 Å². The maximum absolute atomic E-state index is 13.9. The molecule has 1 N–H and O–H groups in total. The monoisotopic (exact) mass is 554 g/mol. The highest BCUT2D eigenvalue weighted by Gasteiger charge is 2.95. The lowest BCUT2D eigenvalue weighted by Crippen LogP contribution is -2.74. The molecule has 1 unspecified atom stereocenters. The lowest BCUT2D eigenvalue weighted by atomic mass is 9.87. The zero-order valence-corrected chi connectivity index (χ0v) is 16.5. The predicted octanol–water partition coefficient (Wildman–Crippen LogP) is 7.43. The van der Waals surface area contributed by atoms with E-state index in [2.05, 4.69) is 0 Å². The second kappa shape index (κ2) is 8.54. The highest BCUT2D eigenvalue weighted by Crippen LogP contribution is 2.64. The molecule has 0 saturated heterocycles. The first kappa shape index (κ1) is 31.0. The third-order valence-corrected chi connectivity index (χ3v) is 4.70. The highest BCUT2D eigenvalue weighted by atomic mass is 19.4. The van der Waals surface area contributed by atoms with Crippen LogP contribution < -0.4 is 0 Å². The van der Waals surface area contributed by atoms with Gasteiger partial charge in [-0.1, -0.05) is 29.8 Å². The van der Waals surface area contributed by atoms with E-state index in [1.807, 2.05) is 0 Å². The van der Waals surface area contributed by atoms with Crippen LogP contribution in [0.4, 0.5) is 74.6 Å². The van der Waals surface area contributed by atoms with Gasteiger partial charge < -0.3 is 5.11 Å². The van der Waals surface area contributed by atoms with Crippen molar-refractivity contribution < 1.29 is 79.7 Å². The molecule has 0 spiro atoms. The molecule has 0 aliphatic heterocycles. The maximum Gasteiger partial charge on any atom is 0.460 e. The summed E-state index contributed by atoms with van der Waals surface area (Å²) in [6.45, 7) is 1.39. The zero-order valence-electron chi connectivity index (χ0n) is 16.5. The van der Waals surface area contributed by atoms with Crippen molar-refractivity contribution in [3.8, 4) is 0 Å². The molecule has 1 atom stereocenters. The Balaban J connectivity index is 3.52. The van der Waals surface area contributed by atoms with Gasteiger partial charge in [-0.15, -0.1) is 0 Å². The Kier molecular flexibility index (Phi) is 7.57. The molecule has 0 fully saturated rings. The minimum atomic E-state index is -8.67. The van der Waals surface area contributed by atoms with Crippen molar-refractivity contribution in [2.24, 2.45) is 0 Å². The number of hydrogen-bond acceptors (Lipinski definition) is 1. The minimum absolute atomic E-state index is 0.378. The molecule has 204 valence electrons. The SMILES string of the molecule is Cc1ccc(C(O)CC(F)(F)C(F)(F)C(F)(F)C(F)(F)C(F)(F)C(F)(F)C(F)(F)C(F)(F)F)cc1. The molecular weight excluding hydrogens is 543 g/mol. The Labute approximate surface area is 183 Å². The van der Waals surface area contributed by atoms with E-state index in [4.69, 9.17) is 0 Å². The summed E-state index contributed by atoms with van der Waals surface area (Å²) >= 11 is 0. The van der Waals surface area contributed by atoms with E-state index in [-0.39, 0.29) is 0 Å². The Morgan fingerprint density at radius 2 is 0.857 bits per heavy atom. The second-order valence-electron chi connectivity index (χ2n) is 7.28. The summed E-state index contributed by atoms with van der Waals surface area (Å²) in [6.07, 6.45) is -13.6. The summed E-state index contributed by atoms with van der Waals surface area (Å²) in [5, 5.41) is 9.53. The van der Waals surface area contributed by atoms with Crippen LogP contribution in [0.25, 0.3) is 0 Å². The van der Waals surface area contributed by atoms with Gasteiger partial charge in [-0.3, -0.25) is 0 Å². The molecule has 1 aromatic carbocycles. The van der Waals surface area contributed by atoms with Crippen molar-refractivity contribution in [3.63, 3.8) is 0 Å². The molecule has 0 radical (unpaired) electrons. The highest BCUT2D eigenvalue weighted by molar-refractivity contribution is 5.24. The first-order valence-corrected chi connectivity index (χ1v) is 8.59. The third-order valence-electron chi connectivity index (χ3n) is 4.70. The standard InChI is InChI=1S/C17H11F17O/c1-7-2-4-8(5-3-7)9(35)6-10(18,19)11(20,21)12(22,23)13(24,25)14(26,27)15(28,29)16(30,31)17(32,33)34/h2-5,9,35H,6H2,1H3. The average molecular weight is 554 g/mol. The predicted molar refractivity (Wildman–Crippen MR) is 81.4 cm³/mol. The van der Waals surface area contributed by atoms with Crippen LogP contribution in [0.5, 0.6) is 0 Å². The Hall–Kier alpha value is -2.01. The lowest BCUT2D eigenvalue weighted by molar-refractivity contribution is -0.462. The number of alkyl halides is 17. The van der Waals surface area contributed by atoms with E-state index < -0.39 is 65.7 Å². The molecular formula is C17H11F17O. The summed E-state index contributed by atoms with van der Waals surface area (Å²) in [5.41, 5.74) is -0.342. The average Bonchev–Trinajstić information content (AvgIpc) is 2.66. The van der Waals surface area contributed by atoms with E-state index in [0.717, 1.165) is 24.3 Å². The largest absolute Gasteiger partial charge is 0.460 e. The summed E-state index contributed by atoms with van der Waals surface area (Å²) in [4.78, 5) is 0. The van der Waals surface area contributed by atoms with Gasteiger partial charge in [-0.05, 0) is 12.5 Å². The molecule has 0 amide bonds. The van der Waals surface area contributed by atoms with Crippen LogP contribution in [-0.2, 0) is 0 Å². The molecule has 35 heavy (non-hydrogen) atoms. The lowest BCUT2D eigenvalue weighted by Gasteiger charge is -2.43. The Morgan fingerprint density at radius 3 is 1.20 bits per heavy atom. The van der Waals surface area contributed by atoms with Crippen molar-refractivity contribution in [1.29, 1.82) is 0 Å². The van der Waals surface area contributed by atoms with Crippen LogP contribution in [0.15, 0.2) is 24.3 Å². The van der Waals surface area contributed by atoms with E-state index >= 15 is 0 Å². The molecule has 0 saturated carbocycles. The van der Waals surface area contributed by atoms with E-state index in [9.17, 15) is 79.7 Å². The number of hydrogen-bond donors (Lipinski definition) is 1. The van der Waals surface area contributed by atoms with Gasteiger partial charge in [-0.25, -0.2) is 0 Å². The van der Waals surface area contributed by atoms with Crippen molar-refractivity contribution in [2.75, 3.05) is 0 Å². The van der Waals surface area contributed by atoms with Crippen molar-refractivity contribution in [2.45, 2.75) is 67.1 Å². The molecule has 0 aromatic heterocycles. The van der Waals surface area contributed by atoms with Gasteiger partial charge in [-0.2, -0.15) is 74.6 Å². The molecule has 0 bridgehead atoms. The summed E-state index contributed by atoms with van der Waals surface area (Å²) in [6, 6.07) is 3.63. The van der Waals surface area contributed by atoms with Gasteiger partial charge in [0, 0.05) is 6.42 Å². The molecule has 0 aliphatic rings. The maximum atomic E-state index is 13.9. The molecule has 0 heterocycles. The third kappa shape index (κ3) is 4.50. The fourth-order valence-electron chi connectivity index (χ4n) is 2.47. The molecule has 0 aliphatic carbocycles. The first-order valence-electron chi connectivity index (χ1n) is 8.59. The fraction of sp³-hybridized carbons (Fsp3) is 0.647. The molecule has 18 heteroatoms. The van der Waals surface area contributed by atoms with Crippen molar-refractivity contribution in [3.05, 3.63) is 35.4 Å². The van der Waals surface area contributed by atoms with Crippen LogP contribution in [0.3, 0.4) is 0 Å². The zero-order chi connectivity index (χ0) is 28.3. The summed E-state index contributed by atoms with van der Waals surface area (Å²) in [7, 11) is 0. The van der Waals surface area contributed by atoms with Crippen molar-refractivity contribution >= 4 is 0 Å². The number of benzene rings is 1. The van der Waals surface area contributed by atoms with Crippen LogP contribution >= 0.6 is 0 Å². The van der Waals surface area contributed by atoms with Gasteiger partial charge >= 0.3 is 47.6 Å². The van der Waals surface area contributed by atoms with E-state index in [1.165, 1.54) is 6.92 Å². The number of halogens is 17. The first-order chi connectivity index (χ1) is 15.1. The van der Waals surface area contributed by atoms with Gasteiger partial charge in [0.15, 0.2) is 0 Å². The van der Waals surface area contributed by atoms with Gasteiger partial charge in [0.1, 0.15) is 0 Å². The topological polar surface area (TPSA) is 20.2 Å².